The van der Waals surface area contributed by atoms with Crippen molar-refractivity contribution in [3.63, 3.8) is 0 Å². The average molecular weight is 448 g/mol. The number of likely N-dealkylation sites (tertiary alicyclic amines) is 1. The maximum Gasteiger partial charge on any atom is 0.254 e. The van der Waals surface area contributed by atoms with Gasteiger partial charge in [0.05, 0.1) is 11.1 Å². The standard InChI is InChI=1S/C24H26FN7O/c1-15-28-20(30(2)3)10-21(29-15)31-11-16-13-32(14-17(16)12-31)24(33)18-6-4-7-19(25)22(18)23-26-8-5-9-27-23/h4-10,16-17H,11-14H2,1-3H3. The van der Waals surface area contributed by atoms with E-state index in [1.54, 1.807) is 30.6 Å². The third-order valence-electron chi connectivity index (χ3n) is 6.40. The number of carbonyl (C=O) groups is 1. The van der Waals surface area contributed by atoms with Crippen LogP contribution in [-0.2, 0) is 0 Å². The fourth-order valence-electron chi connectivity index (χ4n) is 4.80. The van der Waals surface area contributed by atoms with E-state index >= 15 is 0 Å². The Morgan fingerprint density at radius 3 is 2.39 bits per heavy atom. The molecular formula is C24H26FN7O. The van der Waals surface area contributed by atoms with E-state index in [0.29, 0.717) is 30.5 Å². The Morgan fingerprint density at radius 2 is 1.73 bits per heavy atom. The molecule has 2 aromatic heterocycles. The molecule has 9 heteroatoms. The second-order valence-corrected chi connectivity index (χ2v) is 8.90. The first-order valence-electron chi connectivity index (χ1n) is 11.0. The summed E-state index contributed by atoms with van der Waals surface area (Å²) < 4.78 is 14.7. The molecule has 5 rings (SSSR count). The first-order valence-corrected chi connectivity index (χ1v) is 11.0. The van der Waals surface area contributed by atoms with Gasteiger partial charge in [-0.2, -0.15) is 0 Å². The molecule has 1 aromatic carbocycles. The number of rotatable bonds is 4. The summed E-state index contributed by atoms with van der Waals surface area (Å²) in [4.78, 5) is 36.9. The summed E-state index contributed by atoms with van der Waals surface area (Å²) in [6.45, 7) is 4.83. The fraction of sp³-hybridized carbons (Fsp3) is 0.375. The summed E-state index contributed by atoms with van der Waals surface area (Å²) in [5, 5.41) is 0. The summed E-state index contributed by atoms with van der Waals surface area (Å²) in [5.74, 6) is 2.79. The SMILES string of the molecule is Cc1nc(N(C)C)cc(N2CC3CN(C(=O)c4cccc(F)c4-c4ncccn4)CC3C2)n1. The monoisotopic (exact) mass is 447 g/mol. The van der Waals surface area contributed by atoms with Crippen LogP contribution in [0.2, 0.25) is 0 Å². The van der Waals surface area contributed by atoms with Crippen molar-refractivity contribution in [1.82, 2.24) is 24.8 Å². The van der Waals surface area contributed by atoms with E-state index in [4.69, 9.17) is 0 Å². The van der Waals surface area contributed by atoms with Gasteiger partial charge in [-0.3, -0.25) is 4.79 Å². The number of benzene rings is 1. The molecule has 0 aliphatic carbocycles. The van der Waals surface area contributed by atoms with Crippen LogP contribution in [0.3, 0.4) is 0 Å². The second kappa shape index (κ2) is 8.38. The molecule has 0 saturated carbocycles. The summed E-state index contributed by atoms with van der Waals surface area (Å²) in [7, 11) is 3.93. The summed E-state index contributed by atoms with van der Waals surface area (Å²) in [6, 6.07) is 8.23. The zero-order chi connectivity index (χ0) is 23.1. The number of nitrogens with zero attached hydrogens (tertiary/aromatic N) is 7. The van der Waals surface area contributed by atoms with Crippen molar-refractivity contribution in [2.75, 3.05) is 50.1 Å². The highest BCUT2D eigenvalue weighted by molar-refractivity contribution is 6.00. The molecule has 2 aliphatic rings. The summed E-state index contributed by atoms with van der Waals surface area (Å²) >= 11 is 0. The van der Waals surface area contributed by atoms with Gasteiger partial charge >= 0.3 is 0 Å². The van der Waals surface area contributed by atoms with Crippen LogP contribution < -0.4 is 9.80 Å². The van der Waals surface area contributed by atoms with Crippen molar-refractivity contribution in [3.05, 3.63) is 59.9 Å². The van der Waals surface area contributed by atoms with Crippen molar-refractivity contribution < 1.29 is 9.18 Å². The van der Waals surface area contributed by atoms with E-state index in [1.165, 1.54) is 6.07 Å². The fourth-order valence-corrected chi connectivity index (χ4v) is 4.80. The highest BCUT2D eigenvalue weighted by Gasteiger charge is 2.42. The van der Waals surface area contributed by atoms with Gasteiger partial charge in [0.25, 0.3) is 5.91 Å². The van der Waals surface area contributed by atoms with Crippen molar-refractivity contribution in [1.29, 1.82) is 0 Å². The van der Waals surface area contributed by atoms with Gasteiger partial charge in [-0.1, -0.05) is 6.07 Å². The molecule has 0 N–H and O–H groups in total. The van der Waals surface area contributed by atoms with Gasteiger partial charge in [0.2, 0.25) is 0 Å². The van der Waals surface area contributed by atoms with E-state index < -0.39 is 5.82 Å². The predicted molar refractivity (Wildman–Crippen MR) is 124 cm³/mol. The normalized spacial score (nSPS) is 19.6. The maximum atomic E-state index is 14.7. The summed E-state index contributed by atoms with van der Waals surface area (Å²) in [6.07, 6.45) is 3.10. The van der Waals surface area contributed by atoms with Crippen LogP contribution in [-0.4, -0.2) is 71.0 Å². The van der Waals surface area contributed by atoms with Crippen LogP contribution in [0.1, 0.15) is 16.2 Å². The molecule has 0 bridgehead atoms. The smallest absolute Gasteiger partial charge is 0.254 e. The van der Waals surface area contributed by atoms with Gasteiger partial charge in [-0.05, 0) is 25.1 Å². The molecule has 8 nitrogen and oxygen atoms in total. The molecule has 3 aromatic rings. The Balaban J connectivity index is 1.34. The lowest BCUT2D eigenvalue weighted by atomic mass is 10.0. The van der Waals surface area contributed by atoms with Crippen LogP contribution in [0, 0.1) is 24.6 Å². The van der Waals surface area contributed by atoms with Gasteiger partial charge < -0.3 is 14.7 Å². The Kier molecular flexibility index (Phi) is 5.39. The molecule has 2 saturated heterocycles. The first-order chi connectivity index (χ1) is 15.9. The molecule has 0 spiro atoms. The van der Waals surface area contributed by atoms with Crippen LogP contribution >= 0.6 is 0 Å². The molecule has 1 amide bonds. The van der Waals surface area contributed by atoms with E-state index in [1.807, 2.05) is 36.9 Å². The molecular weight excluding hydrogens is 421 g/mol. The van der Waals surface area contributed by atoms with Gasteiger partial charge in [0, 0.05) is 70.6 Å². The van der Waals surface area contributed by atoms with Gasteiger partial charge in [-0.15, -0.1) is 0 Å². The third kappa shape index (κ3) is 3.99. The lowest BCUT2D eigenvalue weighted by molar-refractivity contribution is 0.0783. The number of amides is 1. The van der Waals surface area contributed by atoms with Crippen molar-refractivity contribution in [2.24, 2.45) is 11.8 Å². The number of anilines is 2. The number of fused-ring (bicyclic) bond motifs is 1. The zero-order valence-corrected chi connectivity index (χ0v) is 18.9. The zero-order valence-electron chi connectivity index (χ0n) is 18.9. The van der Waals surface area contributed by atoms with Crippen LogP contribution in [0.25, 0.3) is 11.4 Å². The number of aromatic nitrogens is 4. The number of aryl methyl sites for hydroxylation is 1. The topological polar surface area (TPSA) is 78.4 Å². The Hall–Kier alpha value is -3.62. The molecule has 4 heterocycles. The van der Waals surface area contributed by atoms with Gasteiger partial charge in [0.15, 0.2) is 5.82 Å². The van der Waals surface area contributed by atoms with Gasteiger partial charge in [0.1, 0.15) is 23.3 Å². The lowest BCUT2D eigenvalue weighted by Gasteiger charge is -2.24. The maximum absolute atomic E-state index is 14.7. The third-order valence-corrected chi connectivity index (χ3v) is 6.40. The minimum absolute atomic E-state index is 0.162. The first kappa shape index (κ1) is 21.2. The molecule has 2 unspecified atom stereocenters. The Labute approximate surface area is 192 Å². The van der Waals surface area contributed by atoms with Crippen molar-refractivity contribution in [2.45, 2.75) is 6.92 Å². The van der Waals surface area contributed by atoms with Crippen LogP contribution in [0.5, 0.6) is 0 Å². The Morgan fingerprint density at radius 1 is 1.03 bits per heavy atom. The van der Waals surface area contributed by atoms with E-state index in [2.05, 4.69) is 24.8 Å². The quantitative estimate of drug-likeness (QED) is 0.608. The van der Waals surface area contributed by atoms with E-state index in [-0.39, 0.29) is 17.3 Å². The largest absolute Gasteiger partial charge is 0.363 e. The number of halogens is 1. The molecule has 2 aliphatic heterocycles. The predicted octanol–water partition coefficient (Wildman–Crippen LogP) is 2.66. The lowest BCUT2D eigenvalue weighted by Crippen LogP contribution is -2.34. The second-order valence-electron chi connectivity index (χ2n) is 8.90. The summed E-state index contributed by atoms with van der Waals surface area (Å²) in [5.41, 5.74) is 0.467. The molecule has 2 atom stereocenters. The molecule has 0 radical (unpaired) electrons. The minimum Gasteiger partial charge on any atom is -0.363 e. The molecule has 170 valence electrons. The van der Waals surface area contributed by atoms with Crippen LogP contribution in [0.15, 0.2) is 42.7 Å². The average Bonchev–Trinajstić information content (AvgIpc) is 3.38. The molecule has 2 fully saturated rings. The Bertz CT molecular complexity index is 1170. The highest BCUT2D eigenvalue weighted by Crippen LogP contribution is 2.35. The van der Waals surface area contributed by atoms with Crippen LogP contribution in [0.4, 0.5) is 16.0 Å². The van der Waals surface area contributed by atoms with E-state index in [9.17, 15) is 9.18 Å². The van der Waals surface area contributed by atoms with E-state index in [0.717, 1.165) is 30.5 Å². The highest BCUT2D eigenvalue weighted by atomic mass is 19.1. The number of carbonyl (C=O) groups excluding carboxylic acids is 1. The minimum atomic E-state index is -0.492. The van der Waals surface area contributed by atoms with Crippen molar-refractivity contribution in [3.8, 4) is 11.4 Å². The molecule has 33 heavy (non-hydrogen) atoms. The number of hydrogen-bond donors (Lipinski definition) is 0. The van der Waals surface area contributed by atoms with Crippen molar-refractivity contribution >= 4 is 17.5 Å². The van der Waals surface area contributed by atoms with Gasteiger partial charge in [-0.25, -0.2) is 24.3 Å². The number of hydrogen-bond acceptors (Lipinski definition) is 7.